The van der Waals surface area contributed by atoms with Crippen molar-refractivity contribution in [2.45, 2.75) is 13.8 Å². The lowest BCUT2D eigenvalue weighted by molar-refractivity contribution is 0.920. The Hall–Kier alpha value is -1.68. The summed E-state index contributed by atoms with van der Waals surface area (Å²) < 4.78 is 0. The second-order valence-electron chi connectivity index (χ2n) is 2.99. The van der Waals surface area contributed by atoms with Crippen LogP contribution in [0.4, 0.5) is 5.69 Å². The van der Waals surface area contributed by atoms with Crippen LogP contribution in [0.2, 0.25) is 0 Å². The third-order valence-electron chi connectivity index (χ3n) is 1.61. The minimum absolute atomic E-state index is 0. The number of nitrogen functional groups attached to an aromatic ring is 1. The molecule has 0 unspecified atom stereocenters. The van der Waals surface area contributed by atoms with E-state index in [0.29, 0.717) is 0 Å². The Balaban J connectivity index is 0.000000267. The van der Waals surface area contributed by atoms with Gasteiger partial charge < -0.3 is 5.73 Å². The van der Waals surface area contributed by atoms with E-state index in [2.05, 4.69) is 15.0 Å². The number of aromatic nitrogens is 3. The molecule has 1 aromatic carbocycles. The normalized spacial score (nSPS) is 8.38. The van der Waals surface area contributed by atoms with Crippen LogP contribution in [-0.4, -0.2) is 15.0 Å². The van der Waals surface area contributed by atoms with Crippen molar-refractivity contribution in [1.29, 1.82) is 0 Å². The Labute approximate surface area is 101 Å². The van der Waals surface area contributed by atoms with E-state index in [9.17, 15) is 0 Å². The molecule has 4 nitrogen and oxygen atoms in total. The van der Waals surface area contributed by atoms with E-state index < -0.39 is 0 Å². The molecule has 2 aromatic rings. The van der Waals surface area contributed by atoms with Gasteiger partial charge in [-0.15, -0.1) is 12.4 Å². The molecule has 0 saturated carbocycles. The first-order chi connectivity index (χ1) is 7.18. The van der Waals surface area contributed by atoms with Crippen LogP contribution in [0.3, 0.4) is 0 Å². The standard InChI is InChI=1S/C6H7N.C5H7N3.ClH/c7-6-4-2-1-3-5-6;1-4-6-3-7-5(2)8-4;/h1-5H,7H2;3H,1-2H3;1H. The van der Waals surface area contributed by atoms with Crippen LogP contribution in [0.25, 0.3) is 0 Å². The maximum atomic E-state index is 5.36. The summed E-state index contributed by atoms with van der Waals surface area (Å²) in [5, 5.41) is 0. The van der Waals surface area contributed by atoms with E-state index in [1.54, 1.807) is 0 Å². The van der Waals surface area contributed by atoms with E-state index in [1.807, 2.05) is 44.2 Å². The first kappa shape index (κ1) is 14.3. The number of rotatable bonds is 0. The molecule has 0 aliphatic heterocycles. The van der Waals surface area contributed by atoms with E-state index >= 15 is 0 Å². The predicted octanol–water partition coefficient (Wildman–Crippen LogP) is 2.18. The average Bonchev–Trinajstić information content (AvgIpc) is 2.19. The van der Waals surface area contributed by atoms with Crippen LogP contribution < -0.4 is 5.73 Å². The van der Waals surface area contributed by atoms with Crippen LogP contribution in [0, 0.1) is 13.8 Å². The molecule has 2 rings (SSSR count). The monoisotopic (exact) mass is 238 g/mol. The van der Waals surface area contributed by atoms with Gasteiger partial charge >= 0.3 is 0 Å². The van der Waals surface area contributed by atoms with Gasteiger partial charge in [-0.3, -0.25) is 0 Å². The maximum Gasteiger partial charge on any atom is 0.129 e. The molecule has 0 aliphatic rings. The highest BCUT2D eigenvalue weighted by atomic mass is 35.5. The van der Waals surface area contributed by atoms with Crippen LogP contribution in [0.15, 0.2) is 36.7 Å². The first-order valence-corrected chi connectivity index (χ1v) is 4.61. The van der Waals surface area contributed by atoms with E-state index in [4.69, 9.17) is 5.73 Å². The minimum Gasteiger partial charge on any atom is -0.399 e. The molecule has 16 heavy (non-hydrogen) atoms. The average molecular weight is 239 g/mol. The maximum absolute atomic E-state index is 5.36. The quantitative estimate of drug-likeness (QED) is 0.715. The number of hydrogen-bond donors (Lipinski definition) is 1. The molecular formula is C11H15ClN4. The number of benzene rings is 1. The molecule has 0 fully saturated rings. The zero-order chi connectivity index (χ0) is 11.1. The van der Waals surface area contributed by atoms with Crippen molar-refractivity contribution in [3.8, 4) is 0 Å². The third-order valence-corrected chi connectivity index (χ3v) is 1.61. The predicted molar refractivity (Wildman–Crippen MR) is 67.4 cm³/mol. The van der Waals surface area contributed by atoms with Gasteiger partial charge in [-0.25, -0.2) is 15.0 Å². The summed E-state index contributed by atoms with van der Waals surface area (Å²) >= 11 is 0. The van der Waals surface area contributed by atoms with Crippen LogP contribution in [0.1, 0.15) is 11.6 Å². The molecule has 5 heteroatoms. The summed E-state index contributed by atoms with van der Waals surface area (Å²) in [7, 11) is 0. The molecule has 0 spiro atoms. The Morgan fingerprint density at radius 2 is 1.44 bits per heavy atom. The zero-order valence-electron chi connectivity index (χ0n) is 9.29. The molecule has 0 bridgehead atoms. The van der Waals surface area contributed by atoms with Gasteiger partial charge in [0.25, 0.3) is 0 Å². The number of halogens is 1. The van der Waals surface area contributed by atoms with Crippen LogP contribution in [-0.2, 0) is 0 Å². The molecule has 1 aromatic heterocycles. The summed E-state index contributed by atoms with van der Waals surface area (Å²) in [6, 6.07) is 9.49. The second-order valence-corrected chi connectivity index (χ2v) is 2.99. The van der Waals surface area contributed by atoms with Crippen molar-refractivity contribution in [1.82, 2.24) is 15.0 Å². The van der Waals surface area contributed by atoms with Crippen LogP contribution >= 0.6 is 12.4 Å². The van der Waals surface area contributed by atoms with Crippen molar-refractivity contribution in [3.05, 3.63) is 48.3 Å². The van der Waals surface area contributed by atoms with E-state index in [0.717, 1.165) is 17.3 Å². The number of anilines is 1. The molecule has 0 amide bonds. The third kappa shape index (κ3) is 5.93. The smallest absolute Gasteiger partial charge is 0.129 e. The Morgan fingerprint density at radius 3 is 1.69 bits per heavy atom. The van der Waals surface area contributed by atoms with Gasteiger partial charge in [0.05, 0.1) is 0 Å². The minimum atomic E-state index is 0. The van der Waals surface area contributed by atoms with Crippen molar-refractivity contribution in [3.63, 3.8) is 0 Å². The van der Waals surface area contributed by atoms with Gasteiger partial charge in [-0.05, 0) is 26.0 Å². The number of nitrogens with two attached hydrogens (primary N) is 1. The van der Waals surface area contributed by atoms with Gasteiger partial charge in [0.15, 0.2) is 0 Å². The van der Waals surface area contributed by atoms with E-state index in [1.165, 1.54) is 6.33 Å². The lowest BCUT2D eigenvalue weighted by Gasteiger charge is -1.88. The molecule has 0 atom stereocenters. The number of nitrogens with zero attached hydrogens (tertiary/aromatic N) is 3. The molecule has 0 aliphatic carbocycles. The Bertz CT molecular complexity index is 388. The summed E-state index contributed by atoms with van der Waals surface area (Å²) in [4.78, 5) is 11.6. The highest BCUT2D eigenvalue weighted by Crippen LogP contribution is 1.95. The molecular weight excluding hydrogens is 224 g/mol. The fourth-order valence-electron chi connectivity index (χ4n) is 0.941. The van der Waals surface area contributed by atoms with Crippen molar-refractivity contribution in [2.75, 3.05) is 5.73 Å². The lowest BCUT2D eigenvalue weighted by Crippen LogP contribution is -1.91. The van der Waals surface area contributed by atoms with Gasteiger partial charge in [0.2, 0.25) is 0 Å². The van der Waals surface area contributed by atoms with Crippen LogP contribution in [0.5, 0.6) is 0 Å². The second kappa shape index (κ2) is 7.59. The molecule has 2 N–H and O–H groups in total. The summed E-state index contributed by atoms with van der Waals surface area (Å²) in [5.74, 6) is 1.55. The van der Waals surface area contributed by atoms with Crippen molar-refractivity contribution in [2.24, 2.45) is 0 Å². The molecule has 0 saturated heterocycles. The van der Waals surface area contributed by atoms with Gasteiger partial charge in [0, 0.05) is 5.69 Å². The highest BCUT2D eigenvalue weighted by molar-refractivity contribution is 5.85. The number of hydrogen-bond acceptors (Lipinski definition) is 4. The number of aryl methyl sites for hydroxylation is 2. The highest BCUT2D eigenvalue weighted by Gasteiger charge is 1.84. The molecule has 0 radical (unpaired) electrons. The van der Waals surface area contributed by atoms with Crippen molar-refractivity contribution >= 4 is 18.1 Å². The van der Waals surface area contributed by atoms with Gasteiger partial charge in [0.1, 0.15) is 18.0 Å². The molecule has 1 heterocycles. The van der Waals surface area contributed by atoms with Crippen molar-refractivity contribution < 1.29 is 0 Å². The Kier molecular flexibility index (Phi) is 6.79. The summed E-state index contributed by atoms with van der Waals surface area (Å²) in [6.07, 6.45) is 1.51. The fourth-order valence-corrected chi connectivity index (χ4v) is 0.941. The van der Waals surface area contributed by atoms with Gasteiger partial charge in [-0.1, -0.05) is 18.2 Å². The van der Waals surface area contributed by atoms with E-state index in [-0.39, 0.29) is 12.4 Å². The SMILES string of the molecule is Cc1ncnc(C)n1.Cl.Nc1ccccc1. The summed E-state index contributed by atoms with van der Waals surface area (Å²) in [6.45, 7) is 3.68. The number of para-hydroxylation sites is 1. The van der Waals surface area contributed by atoms with Gasteiger partial charge in [-0.2, -0.15) is 0 Å². The topological polar surface area (TPSA) is 64.7 Å². The zero-order valence-corrected chi connectivity index (χ0v) is 10.1. The summed E-state index contributed by atoms with van der Waals surface area (Å²) in [5.41, 5.74) is 6.18. The first-order valence-electron chi connectivity index (χ1n) is 4.61. The Morgan fingerprint density at radius 1 is 0.938 bits per heavy atom. The molecule has 86 valence electrons. The largest absolute Gasteiger partial charge is 0.399 e. The lowest BCUT2D eigenvalue weighted by atomic mass is 10.3. The fraction of sp³-hybridized carbons (Fsp3) is 0.182.